The average Bonchev–Trinajstić information content (AvgIpc) is 2.41. The summed E-state index contributed by atoms with van der Waals surface area (Å²) in [5.41, 5.74) is 5.57. The largest absolute Gasteiger partial charge is 0.339 e. The van der Waals surface area contributed by atoms with Gasteiger partial charge in [0.2, 0.25) is 5.91 Å². The van der Waals surface area contributed by atoms with Gasteiger partial charge in [-0.2, -0.15) is 0 Å². The second-order valence-electron chi connectivity index (χ2n) is 4.58. The van der Waals surface area contributed by atoms with Crippen molar-refractivity contribution in [3.8, 4) is 0 Å². The third kappa shape index (κ3) is 1.57. The normalized spacial score (nSPS) is 39.4. The van der Waals surface area contributed by atoms with Crippen LogP contribution in [0.25, 0.3) is 0 Å². The van der Waals surface area contributed by atoms with Gasteiger partial charge in [0.05, 0.1) is 0 Å². The highest BCUT2D eigenvalue weighted by molar-refractivity contribution is 5.79. The predicted octanol–water partition coefficient (Wildman–Crippen LogP) is 0.592. The zero-order valence-electron chi connectivity index (χ0n) is 8.20. The van der Waals surface area contributed by atoms with Gasteiger partial charge in [-0.15, -0.1) is 0 Å². The van der Waals surface area contributed by atoms with Gasteiger partial charge in [0, 0.05) is 19.0 Å². The molecule has 0 aromatic heterocycles. The number of hydrogen-bond donors (Lipinski definition) is 1. The summed E-state index contributed by atoms with van der Waals surface area (Å²) in [5.74, 6) is 1.56. The van der Waals surface area contributed by atoms with Crippen molar-refractivity contribution in [1.82, 2.24) is 4.90 Å². The van der Waals surface area contributed by atoms with Crippen LogP contribution in [0.5, 0.6) is 0 Å². The van der Waals surface area contributed by atoms with E-state index in [4.69, 9.17) is 5.73 Å². The maximum Gasteiger partial charge on any atom is 0.223 e. The fourth-order valence-corrected chi connectivity index (χ4v) is 2.43. The Hall–Kier alpha value is -0.570. The second-order valence-corrected chi connectivity index (χ2v) is 4.58. The lowest BCUT2D eigenvalue weighted by atomic mass is 9.81. The minimum absolute atomic E-state index is 0.326. The summed E-state index contributed by atoms with van der Waals surface area (Å²) in [6.07, 6.45) is 3.08. The molecule has 1 saturated heterocycles. The molecule has 1 amide bonds. The van der Waals surface area contributed by atoms with Crippen LogP contribution < -0.4 is 5.73 Å². The van der Waals surface area contributed by atoms with Gasteiger partial charge in [0.25, 0.3) is 0 Å². The predicted molar refractivity (Wildman–Crippen MR) is 51.1 cm³/mol. The number of carbonyl (C=O) groups excluding carboxylic acids is 1. The van der Waals surface area contributed by atoms with Gasteiger partial charge in [-0.25, -0.2) is 0 Å². The Labute approximate surface area is 79.3 Å². The molecule has 3 nitrogen and oxygen atoms in total. The van der Waals surface area contributed by atoms with E-state index in [0.717, 1.165) is 12.5 Å². The Morgan fingerprint density at radius 2 is 2.23 bits per heavy atom. The smallest absolute Gasteiger partial charge is 0.223 e. The molecule has 0 radical (unpaired) electrons. The fraction of sp³-hybridized carbons (Fsp3) is 0.900. The number of carbonyl (C=O) groups is 1. The fourth-order valence-electron chi connectivity index (χ4n) is 2.43. The zero-order valence-corrected chi connectivity index (χ0v) is 8.20. The number of likely N-dealkylation sites (tertiary alicyclic amines) is 1. The SMILES string of the molecule is CC1CC(N2CC(CN)CC2=O)C1. The van der Waals surface area contributed by atoms with Gasteiger partial charge in [0.1, 0.15) is 0 Å². The first-order valence-corrected chi connectivity index (χ1v) is 5.20. The Bertz CT molecular complexity index is 211. The number of hydrogen-bond acceptors (Lipinski definition) is 2. The molecule has 0 aromatic carbocycles. The van der Waals surface area contributed by atoms with Gasteiger partial charge in [-0.05, 0) is 31.2 Å². The first kappa shape index (κ1) is 9.00. The molecule has 0 aromatic rings. The van der Waals surface area contributed by atoms with Gasteiger partial charge in [-0.3, -0.25) is 4.79 Å². The first-order valence-electron chi connectivity index (χ1n) is 5.20. The van der Waals surface area contributed by atoms with Gasteiger partial charge in [0.15, 0.2) is 0 Å². The Morgan fingerprint density at radius 3 is 2.69 bits per heavy atom. The molecule has 1 aliphatic heterocycles. The number of rotatable bonds is 2. The molecular weight excluding hydrogens is 164 g/mol. The van der Waals surface area contributed by atoms with Crippen LogP contribution >= 0.6 is 0 Å². The quantitative estimate of drug-likeness (QED) is 0.679. The molecule has 2 fully saturated rings. The maximum atomic E-state index is 11.6. The van der Waals surface area contributed by atoms with E-state index < -0.39 is 0 Å². The molecule has 1 heterocycles. The number of amides is 1. The standard InChI is InChI=1S/C10H18N2O/c1-7-2-9(3-7)12-6-8(5-11)4-10(12)13/h7-9H,2-6,11H2,1H3. The van der Waals surface area contributed by atoms with Crippen LogP contribution in [0.4, 0.5) is 0 Å². The molecule has 1 saturated carbocycles. The van der Waals surface area contributed by atoms with Crippen molar-refractivity contribution in [2.45, 2.75) is 32.2 Å². The Morgan fingerprint density at radius 1 is 1.54 bits per heavy atom. The third-order valence-electron chi connectivity index (χ3n) is 3.36. The number of nitrogens with zero attached hydrogens (tertiary/aromatic N) is 1. The lowest BCUT2D eigenvalue weighted by Gasteiger charge is -2.39. The van der Waals surface area contributed by atoms with Crippen molar-refractivity contribution in [1.29, 1.82) is 0 Å². The topological polar surface area (TPSA) is 46.3 Å². The molecular formula is C10H18N2O. The van der Waals surface area contributed by atoms with Crippen molar-refractivity contribution >= 4 is 5.91 Å². The highest BCUT2D eigenvalue weighted by Crippen LogP contribution is 2.34. The van der Waals surface area contributed by atoms with E-state index in [0.29, 0.717) is 30.8 Å². The third-order valence-corrected chi connectivity index (χ3v) is 3.36. The van der Waals surface area contributed by atoms with Crippen molar-refractivity contribution in [2.75, 3.05) is 13.1 Å². The molecule has 1 unspecified atom stereocenters. The summed E-state index contributed by atoms with van der Waals surface area (Å²) in [5, 5.41) is 0. The van der Waals surface area contributed by atoms with Crippen LogP contribution in [-0.2, 0) is 4.79 Å². The molecule has 3 heteroatoms. The van der Waals surface area contributed by atoms with Crippen molar-refractivity contribution in [3.63, 3.8) is 0 Å². The van der Waals surface area contributed by atoms with E-state index in [-0.39, 0.29) is 0 Å². The molecule has 2 aliphatic rings. The van der Waals surface area contributed by atoms with E-state index in [1.54, 1.807) is 0 Å². The molecule has 2 rings (SSSR count). The summed E-state index contributed by atoms with van der Waals surface area (Å²) in [7, 11) is 0. The molecule has 2 N–H and O–H groups in total. The minimum Gasteiger partial charge on any atom is -0.339 e. The summed E-state index contributed by atoms with van der Waals surface area (Å²) >= 11 is 0. The van der Waals surface area contributed by atoms with Crippen LogP contribution in [0.15, 0.2) is 0 Å². The van der Waals surface area contributed by atoms with E-state index >= 15 is 0 Å². The van der Waals surface area contributed by atoms with Crippen LogP contribution in [-0.4, -0.2) is 29.9 Å². The zero-order chi connectivity index (χ0) is 9.42. The van der Waals surface area contributed by atoms with E-state index in [2.05, 4.69) is 11.8 Å². The van der Waals surface area contributed by atoms with Crippen LogP contribution in [0.1, 0.15) is 26.2 Å². The second kappa shape index (κ2) is 3.29. The summed E-state index contributed by atoms with van der Waals surface area (Å²) in [6, 6.07) is 0.541. The lowest BCUT2D eigenvalue weighted by molar-refractivity contribution is -0.131. The van der Waals surface area contributed by atoms with E-state index in [1.807, 2.05) is 0 Å². The monoisotopic (exact) mass is 182 g/mol. The van der Waals surface area contributed by atoms with Crippen molar-refractivity contribution < 1.29 is 4.79 Å². The summed E-state index contributed by atoms with van der Waals surface area (Å²) in [6.45, 7) is 3.81. The van der Waals surface area contributed by atoms with Gasteiger partial charge < -0.3 is 10.6 Å². The van der Waals surface area contributed by atoms with Crippen molar-refractivity contribution in [2.24, 2.45) is 17.6 Å². The minimum atomic E-state index is 0.326. The first-order chi connectivity index (χ1) is 6.20. The van der Waals surface area contributed by atoms with Gasteiger partial charge >= 0.3 is 0 Å². The molecule has 0 bridgehead atoms. The average molecular weight is 182 g/mol. The molecule has 13 heavy (non-hydrogen) atoms. The maximum absolute atomic E-state index is 11.6. The van der Waals surface area contributed by atoms with Crippen LogP contribution in [0.3, 0.4) is 0 Å². The van der Waals surface area contributed by atoms with Crippen LogP contribution in [0, 0.1) is 11.8 Å². The highest BCUT2D eigenvalue weighted by atomic mass is 16.2. The summed E-state index contributed by atoms with van der Waals surface area (Å²) in [4.78, 5) is 13.6. The Balaban J connectivity index is 1.90. The Kier molecular flexibility index (Phi) is 2.28. The van der Waals surface area contributed by atoms with Crippen molar-refractivity contribution in [3.05, 3.63) is 0 Å². The van der Waals surface area contributed by atoms with E-state index in [9.17, 15) is 4.79 Å². The molecule has 1 aliphatic carbocycles. The van der Waals surface area contributed by atoms with Crippen LogP contribution in [0.2, 0.25) is 0 Å². The number of nitrogens with two attached hydrogens (primary N) is 1. The highest BCUT2D eigenvalue weighted by Gasteiger charge is 2.38. The summed E-state index contributed by atoms with van der Waals surface area (Å²) < 4.78 is 0. The lowest BCUT2D eigenvalue weighted by Crippen LogP contribution is -2.44. The van der Waals surface area contributed by atoms with Gasteiger partial charge in [-0.1, -0.05) is 6.92 Å². The molecule has 74 valence electrons. The molecule has 0 spiro atoms. The van der Waals surface area contributed by atoms with E-state index in [1.165, 1.54) is 12.8 Å². The molecule has 1 atom stereocenters.